The third kappa shape index (κ3) is 3.47. The van der Waals surface area contributed by atoms with Gasteiger partial charge in [0.15, 0.2) is 0 Å². The molecular formula is C13H17N5O3. The Morgan fingerprint density at radius 1 is 1.52 bits per heavy atom. The quantitative estimate of drug-likeness (QED) is 0.700. The van der Waals surface area contributed by atoms with E-state index in [-0.39, 0.29) is 6.42 Å². The molecule has 1 amide bonds. The van der Waals surface area contributed by atoms with E-state index in [1.807, 2.05) is 6.92 Å². The van der Waals surface area contributed by atoms with E-state index in [0.29, 0.717) is 23.4 Å². The first-order valence-corrected chi connectivity index (χ1v) is 6.54. The third-order valence-corrected chi connectivity index (χ3v) is 3.07. The van der Waals surface area contributed by atoms with Crippen molar-refractivity contribution < 1.29 is 14.7 Å². The van der Waals surface area contributed by atoms with E-state index < -0.39 is 17.9 Å². The van der Waals surface area contributed by atoms with Crippen LogP contribution in [-0.2, 0) is 24.7 Å². The van der Waals surface area contributed by atoms with Crippen LogP contribution in [0.15, 0.2) is 18.7 Å². The lowest BCUT2D eigenvalue weighted by Crippen LogP contribution is -2.42. The number of carbonyl (C=O) groups is 2. The summed E-state index contributed by atoms with van der Waals surface area (Å²) in [6.45, 7) is 1.89. The molecule has 0 aliphatic rings. The summed E-state index contributed by atoms with van der Waals surface area (Å²) in [7, 11) is 1.72. The van der Waals surface area contributed by atoms with Gasteiger partial charge >= 0.3 is 5.97 Å². The van der Waals surface area contributed by atoms with Gasteiger partial charge in [0.05, 0.1) is 17.6 Å². The van der Waals surface area contributed by atoms with Crippen molar-refractivity contribution in [2.24, 2.45) is 7.05 Å². The molecule has 0 saturated carbocycles. The van der Waals surface area contributed by atoms with Gasteiger partial charge in [-0.25, -0.2) is 9.78 Å². The Hall–Kier alpha value is -2.64. The van der Waals surface area contributed by atoms with E-state index >= 15 is 0 Å². The Labute approximate surface area is 121 Å². The number of aromatic amines is 1. The highest BCUT2D eigenvalue weighted by Gasteiger charge is 2.23. The number of H-pyrrole nitrogens is 1. The maximum atomic E-state index is 12.2. The molecule has 112 valence electrons. The van der Waals surface area contributed by atoms with Crippen LogP contribution in [0.1, 0.15) is 28.7 Å². The zero-order chi connectivity index (χ0) is 15.4. The number of hydrogen-bond donors (Lipinski definition) is 3. The molecule has 1 atom stereocenters. The van der Waals surface area contributed by atoms with Crippen LogP contribution >= 0.6 is 0 Å². The molecule has 0 spiro atoms. The summed E-state index contributed by atoms with van der Waals surface area (Å²) in [5, 5.41) is 15.9. The van der Waals surface area contributed by atoms with Gasteiger partial charge < -0.3 is 15.4 Å². The van der Waals surface area contributed by atoms with Crippen molar-refractivity contribution in [2.75, 3.05) is 0 Å². The van der Waals surface area contributed by atoms with E-state index in [9.17, 15) is 14.7 Å². The van der Waals surface area contributed by atoms with Crippen LogP contribution in [0.3, 0.4) is 0 Å². The van der Waals surface area contributed by atoms with E-state index in [0.717, 1.165) is 0 Å². The molecule has 0 aromatic carbocycles. The molecule has 0 saturated heterocycles. The molecule has 0 aliphatic carbocycles. The zero-order valence-corrected chi connectivity index (χ0v) is 11.8. The van der Waals surface area contributed by atoms with Crippen molar-refractivity contribution in [2.45, 2.75) is 25.8 Å². The molecule has 8 nitrogen and oxygen atoms in total. The SMILES string of the molecule is CCc1nn(C)cc1C(=O)N[C@H](Cc1cnc[nH]1)C(=O)O. The van der Waals surface area contributed by atoms with Crippen molar-refractivity contribution >= 4 is 11.9 Å². The fourth-order valence-electron chi connectivity index (χ4n) is 2.04. The Morgan fingerprint density at radius 2 is 2.29 bits per heavy atom. The summed E-state index contributed by atoms with van der Waals surface area (Å²) >= 11 is 0. The van der Waals surface area contributed by atoms with Crippen molar-refractivity contribution in [3.8, 4) is 0 Å². The minimum Gasteiger partial charge on any atom is -0.480 e. The van der Waals surface area contributed by atoms with Crippen LogP contribution in [-0.4, -0.2) is 42.8 Å². The zero-order valence-electron chi connectivity index (χ0n) is 11.8. The number of nitrogens with one attached hydrogen (secondary N) is 2. The second kappa shape index (κ2) is 6.21. The number of aromatic nitrogens is 4. The molecule has 0 fully saturated rings. The Bertz CT molecular complexity index is 632. The number of carbonyl (C=O) groups excluding carboxylic acids is 1. The second-order valence-electron chi connectivity index (χ2n) is 4.66. The number of aryl methyl sites for hydroxylation is 2. The number of amides is 1. The van der Waals surface area contributed by atoms with E-state index in [2.05, 4.69) is 20.4 Å². The number of carboxylic acids is 1. The molecular weight excluding hydrogens is 274 g/mol. The maximum absolute atomic E-state index is 12.2. The summed E-state index contributed by atoms with van der Waals surface area (Å²) in [6.07, 6.45) is 5.32. The van der Waals surface area contributed by atoms with Gasteiger partial charge in [-0.1, -0.05) is 6.92 Å². The summed E-state index contributed by atoms with van der Waals surface area (Å²) in [4.78, 5) is 30.2. The predicted octanol–water partition coefficient (Wildman–Crippen LogP) is 0.131. The number of rotatable bonds is 6. The smallest absolute Gasteiger partial charge is 0.326 e. The Kier molecular flexibility index (Phi) is 4.36. The van der Waals surface area contributed by atoms with Crippen molar-refractivity contribution in [1.82, 2.24) is 25.1 Å². The number of hydrogen-bond acceptors (Lipinski definition) is 4. The minimum atomic E-state index is -1.10. The van der Waals surface area contributed by atoms with E-state index in [1.54, 1.807) is 17.9 Å². The van der Waals surface area contributed by atoms with E-state index in [1.165, 1.54) is 12.5 Å². The number of aliphatic carboxylic acids is 1. The van der Waals surface area contributed by atoms with Crippen LogP contribution < -0.4 is 5.32 Å². The molecule has 2 heterocycles. The molecule has 0 bridgehead atoms. The molecule has 2 aromatic heterocycles. The predicted molar refractivity (Wildman–Crippen MR) is 73.8 cm³/mol. The molecule has 2 aromatic rings. The van der Waals surface area contributed by atoms with E-state index in [4.69, 9.17) is 0 Å². The molecule has 3 N–H and O–H groups in total. The molecule has 21 heavy (non-hydrogen) atoms. The van der Waals surface area contributed by atoms with Crippen LogP contribution in [0.25, 0.3) is 0 Å². The molecule has 2 rings (SSSR count). The van der Waals surface area contributed by atoms with Crippen LogP contribution in [0.4, 0.5) is 0 Å². The Morgan fingerprint density at radius 3 is 2.86 bits per heavy atom. The normalized spacial score (nSPS) is 12.1. The topological polar surface area (TPSA) is 113 Å². The first kappa shape index (κ1) is 14.8. The molecule has 0 radical (unpaired) electrons. The van der Waals surface area contributed by atoms with Crippen molar-refractivity contribution in [1.29, 1.82) is 0 Å². The highest BCUT2D eigenvalue weighted by molar-refractivity contribution is 5.97. The second-order valence-corrected chi connectivity index (χ2v) is 4.66. The minimum absolute atomic E-state index is 0.142. The highest BCUT2D eigenvalue weighted by atomic mass is 16.4. The van der Waals surface area contributed by atoms with Gasteiger partial charge in [-0.05, 0) is 6.42 Å². The summed E-state index contributed by atoms with van der Waals surface area (Å²) in [5.74, 6) is -1.54. The molecule has 8 heteroatoms. The third-order valence-electron chi connectivity index (χ3n) is 3.07. The lowest BCUT2D eigenvalue weighted by atomic mass is 10.1. The van der Waals surface area contributed by atoms with Crippen LogP contribution in [0.2, 0.25) is 0 Å². The van der Waals surface area contributed by atoms with Gasteiger partial charge in [-0.2, -0.15) is 5.10 Å². The van der Waals surface area contributed by atoms with Crippen molar-refractivity contribution in [3.63, 3.8) is 0 Å². The summed E-state index contributed by atoms with van der Waals surface area (Å²) < 4.78 is 1.54. The number of carboxylic acid groups (broad SMARTS) is 1. The maximum Gasteiger partial charge on any atom is 0.326 e. The fourth-order valence-corrected chi connectivity index (χ4v) is 2.04. The highest BCUT2D eigenvalue weighted by Crippen LogP contribution is 2.08. The largest absolute Gasteiger partial charge is 0.480 e. The lowest BCUT2D eigenvalue weighted by Gasteiger charge is -2.13. The standard InChI is InChI=1S/C13H17N5O3/c1-3-10-9(6-18(2)17-10)12(19)16-11(13(20)21)4-8-5-14-7-15-8/h5-7,11H,3-4H2,1-2H3,(H,14,15)(H,16,19)(H,20,21)/t11-/m1/s1. The fraction of sp³-hybridized carbons (Fsp3) is 0.385. The van der Waals surface area contributed by atoms with Crippen LogP contribution in [0.5, 0.6) is 0 Å². The summed E-state index contributed by atoms with van der Waals surface area (Å²) in [5.41, 5.74) is 1.68. The number of nitrogens with zero attached hydrogens (tertiary/aromatic N) is 3. The van der Waals surface area contributed by atoms with Gasteiger partial charge in [-0.15, -0.1) is 0 Å². The average Bonchev–Trinajstić information content (AvgIpc) is 3.06. The van der Waals surface area contributed by atoms with Gasteiger partial charge in [0.1, 0.15) is 6.04 Å². The van der Waals surface area contributed by atoms with Gasteiger partial charge in [0.25, 0.3) is 5.91 Å². The van der Waals surface area contributed by atoms with Gasteiger partial charge in [0.2, 0.25) is 0 Å². The van der Waals surface area contributed by atoms with Crippen molar-refractivity contribution in [3.05, 3.63) is 35.7 Å². The average molecular weight is 291 g/mol. The Balaban J connectivity index is 2.12. The molecule has 0 unspecified atom stereocenters. The first-order chi connectivity index (χ1) is 10.0. The molecule has 0 aliphatic heterocycles. The summed E-state index contributed by atoms with van der Waals surface area (Å²) in [6, 6.07) is -1.03. The van der Waals surface area contributed by atoms with Crippen LogP contribution in [0, 0.1) is 0 Å². The van der Waals surface area contributed by atoms with Gasteiger partial charge in [-0.3, -0.25) is 9.48 Å². The lowest BCUT2D eigenvalue weighted by molar-refractivity contribution is -0.139. The monoisotopic (exact) mass is 291 g/mol. The number of imidazole rings is 1. The first-order valence-electron chi connectivity index (χ1n) is 6.54. The van der Waals surface area contributed by atoms with Gasteiger partial charge in [0, 0.05) is 31.6 Å².